The van der Waals surface area contributed by atoms with Gasteiger partial charge in [0.05, 0.1) is 18.1 Å². The Labute approximate surface area is 138 Å². The molecule has 0 aliphatic carbocycles. The monoisotopic (exact) mass is 360 g/mol. The zero-order valence-electron chi connectivity index (χ0n) is 12.3. The van der Waals surface area contributed by atoms with Crippen LogP contribution in [0, 0.1) is 0 Å². The van der Waals surface area contributed by atoms with Crippen LogP contribution < -0.4 is 9.47 Å². The van der Waals surface area contributed by atoms with E-state index in [-0.39, 0.29) is 0 Å². The quantitative estimate of drug-likeness (QED) is 0.616. The second-order valence-electron chi connectivity index (χ2n) is 4.90. The summed E-state index contributed by atoms with van der Waals surface area (Å²) in [6.45, 7) is 1.21. The number of rotatable bonds is 4. The van der Waals surface area contributed by atoms with Gasteiger partial charge in [0, 0.05) is 6.54 Å². The molecule has 0 bridgehead atoms. The van der Waals surface area contributed by atoms with E-state index < -0.39 is 0 Å². The van der Waals surface area contributed by atoms with Crippen LogP contribution in [0.1, 0.15) is 11.1 Å². The molecule has 0 radical (unpaired) electrons. The topological polar surface area (TPSA) is 34.1 Å². The van der Waals surface area contributed by atoms with Crippen LogP contribution in [0.25, 0.3) is 0 Å². The molecular formula is C17H17BrN2O2. The summed E-state index contributed by atoms with van der Waals surface area (Å²) in [5, 5.41) is 0. The summed E-state index contributed by atoms with van der Waals surface area (Å²) in [5.41, 5.74) is 2.73. The van der Waals surface area contributed by atoms with E-state index in [9.17, 15) is 0 Å². The zero-order chi connectivity index (χ0) is 15.4. The second-order valence-corrected chi connectivity index (χ2v) is 5.40. The predicted octanol–water partition coefficient (Wildman–Crippen LogP) is 3.65. The highest BCUT2D eigenvalue weighted by molar-refractivity contribution is 9.09. The van der Waals surface area contributed by atoms with Crippen molar-refractivity contribution in [1.82, 2.24) is 4.90 Å². The van der Waals surface area contributed by atoms with E-state index in [0.717, 1.165) is 29.4 Å². The first-order chi connectivity index (χ1) is 10.8. The Hall–Kier alpha value is -2.01. The van der Waals surface area contributed by atoms with Crippen molar-refractivity contribution in [2.75, 3.05) is 19.3 Å². The second kappa shape index (κ2) is 6.83. The fourth-order valence-electron chi connectivity index (χ4n) is 2.54. The number of halogens is 1. The van der Waals surface area contributed by atoms with Gasteiger partial charge >= 0.3 is 0 Å². The molecule has 0 unspecified atom stereocenters. The average molecular weight is 361 g/mol. The minimum atomic E-state index is 0.452. The third kappa shape index (κ3) is 2.95. The number of alkyl halides is 1. The van der Waals surface area contributed by atoms with Crippen LogP contribution in [0.15, 0.2) is 53.5 Å². The molecule has 0 spiro atoms. The van der Waals surface area contributed by atoms with E-state index in [1.807, 2.05) is 36.4 Å². The fourth-order valence-corrected chi connectivity index (χ4v) is 2.78. The number of benzene rings is 2. The molecule has 0 atom stereocenters. The summed E-state index contributed by atoms with van der Waals surface area (Å²) < 4.78 is 11.3. The number of aliphatic imine (C=N–C) groups is 1. The van der Waals surface area contributed by atoms with Gasteiger partial charge in [0.1, 0.15) is 5.84 Å². The van der Waals surface area contributed by atoms with E-state index in [1.54, 1.807) is 7.11 Å². The first-order valence-corrected chi connectivity index (χ1v) is 8.15. The number of para-hydroxylation sites is 1. The van der Waals surface area contributed by atoms with Gasteiger partial charge in [-0.15, -0.1) is 0 Å². The average Bonchev–Trinajstić information content (AvgIpc) is 2.57. The highest BCUT2D eigenvalue weighted by Crippen LogP contribution is 2.35. The summed E-state index contributed by atoms with van der Waals surface area (Å²) in [7, 11) is 1.65. The lowest BCUT2D eigenvalue weighted by Gasteiger charge is -2.32. The van der Waals surface area contributed by atoms with Gasteiger partial charge in [-0.3, -0.25) is 4.99 Å². The first kappa shape index (κ1) is 14.9. The maximum atomic E-state index is 5.91. The van der Waals surface area contributed by atoms with Crippen molar-refractivity contribution in [2.24, 2.45) is 4.99 Å². The summed E-state index contributed by atoms with van der Waals surface area (Å²) in [6, 6.07) is 16.2. The molecule has 22 heavy (non-hydrogen) atoms. The molecule has 0 saturated heterocycles. The zero-order valence-corrected chi connectivity index (χ0v) is 13.9. The van der Waals surface area contributed by atoms with Crippen molar-refractivity contribution < 1.29 is 9.47 Å². The summed E-state index contributed by atoms with van der Waals surface area (Å²) in [5.74, 6) is 2.41. The summed E-state index contributed by atoms with van der Waals surface area (Å²) >= 11 is 3.40. The van der Waals surface area contributed by atoms with Gasteiger partial charge in [0.25, 0.3) is 0 Å². The molecule has 0 saturated carbocycles. The van der Waals surface area contributed by atoms with Crippen LogP contribution in [-0.2, 0) is 6.54 Å². The minimum absolute atomic E-state index is 0.452. The highest BCUT2D eigenvalue weighted by Gasteiger charge is 2.26. The van der Waals surface area contributed by atoms with Gasteiger partial charge in [-0.05, 0) is 17.7 Å². The molecule has 114 valence electrons. The van der Waals surface area contributed by atoms with Crippen molar-refractivity contribution in [3.05, 3.63) is 59.7 Å². The van der Waals surface area contributed by atoms with Gasteiger partial charge in [-0.1, -0.05) is 52.3 Å². The van der Waals surface area contributed by atoms with Crippen molar-refractivity contribution in [2.45, 2.75) is 6.54 Å². The number of methoxy groups -OCH3 is 1. The van der Waals surface area contributed by atoms with Gasteiger partial charge in [-0.25, -0.2) is 0 Å². The van der Waals surface area contributed by atoms with E-state index >= 15 is 0 Å². The highest BCUT2D eigenvalue weighted by atomic mass is 79.9. The molecule has 2 aromatic carbocycles. The van der Waals surface area contributed by atoms with Crippen LogP contribution in [0.5, 0.6) is 11.5 Å². The number of fused-ring (bicyclic) bond motifs is 1. The van der Waals surface area contributed by atoms with Gasteiger partial charge in [-0.2, -0.15) is 0 Å². The minimum Gasteiger partial charge on any atom is -0.493 e. The fraction of sp³-hybridized carbons (Fsp3) is 0.235. The van der Waals surface area contributed by atoms with Crippen LogP contribution >= 0.6 is 15.9 Å². The Kier molecular flexibility index (Phi) is 4.63. The lowest BCUT2D eigenvalue weighted by Crippen LogP contribution is -2.39. The van der Waals surface area contributed by atoms with Crippen molar-refractivity contribution >= 4 is 21.8 Å². The maximum Gasteiger partial charge on any atom is 0.174 e. The maximum absolute atomic E-state index is 5.91. The summed E-state index contributed by atoms with van der Waals surface area (Å²) in [4.78, 5) is 6.73. The van der Waals surface area contributed by atoms with Crippen LogP contribution in [0.2, 0.25) is 0 Å². The molecule has 1 heterocycles. The van der Waals surface area contributed by atoms with E-state index in [0.29, 0.717) is 12.2 Å². The van der Waals surface area contributed by atoms with E-state index in [4.69, 9.17) is 9.47 Å². The van der Waals surface area contributed by atoms with E-state index in [1.165, 1.54) is 5.56 Å². The molecule has 0 amide bonds. The molecule has 3 rings (SSSR count). The lowest BCUT2D eigenvalue weighted by molar-refractivity contribution is 0.168. The normalized spacial score (nSPS) is 15.4. The first-order valence-electron chi connectivity index (χ1n) is 7.03. The molecule has 2 aromatic rings. The molecule has 5 heteroatoms. The summed E-state index contributed by atoms with van der Waals surface area (Å²) in [6.07, 6.45) is 0. The Morgan fingerprint density at radius 3 is 2.73 bits per heavy atom. The van der Waals surface area contributed by atoms with Crippen molar-refractivity contribution in [1.29, 1.82) is 0 Å². The predicted molar refractivity (Wildman–Crippen MR) is 90.8 cm³/mol. The van der Waals surface area contributed by atoms with Crippen LogP contribution in [0.3, 0.4) is 0 Å². The third-order valence-electron chi connectivity index (χ3n) is 3.53. The van der Waals surface area contributed by atoms with E-state index in [2.05, 4.69) is 38.0 Å². The third-order valence-corrected chi connectivity index (χ3v) is 3.78. The largest absolute Gasteiger partial charge is 0.493 e. The molecule has 4 nitrogen and oxygen atoms in total. The standard InChI is InChI=1S/C17H17BrN2O2/c1-21-15-9-5-8-14-16(15)22-12-20(17(14)19-11-18)10-13-6-3-2-4-7-13/h2-9H,10-12H2,1H3. The molecule has 1 aliphatic rings. The SMILES string of the molecule is COc1cccc2c1OCN(Cc1ccccc1)C2=NCBr. The molecular weight excluding hydrogens is 344 g/mol. The molecule has 1 aliphatic heterocycles. The Morgan fingerprint density at radius 2 is 2.00 bits per heavy atom. The Bertz CT molecular complexity index is 674. The Morgan fingerprint density at radius 1 is 1.18 bits per heavy atom. The van der Waals surface area contributed by atoms with Gasteiger partial charge in [0.2, 0.25) is 0 Å². The van der Waals surface area contributed by atoms with Gasteiger partial charge in [0.15, 0.2) is 18.2 Å². The van der Waals surface area contributed by atoms with Crippen molar-refractivity contribution in [3.8, 4) is 11.5 Å². The van der Waals surface area contributed by atoms with Crippen LogP contribution in [0.4, 0.5) is 0 Å². The number of amidine groups is 1. The smallest absolute Gasteiger partial charge is 0.174 e. The lowest BCUT2D eigenvalue weighted by atomic mass is 10.1. The number of nitrogens with zero attached hydrogens (tertiary/aromatic N) is 2. The number of hydrogen-bond donors (Lipinski definition) is 0. The molecule has 0 fully saturated rings. The molecule has 0 N–H and O–H groups in total. The van der Waals surface area contributed by atoms with Crippen LogP contribution in [-0.4, -0.2) is 30.0 Å². The number of ether oxygens (including phenoxy) is 2. The molecule has 0 aromatic heterocycles. The number of hydrogen-bond acceptors (Lipinski definition) is 3. The van der Waals surface area contributed by atoms with Gasteiger partial charge < -0.3 is 14.4 Å². The Balaban J connectivity index is 1.95. The van der Waals surface area contributed by atoms with Crippen molar-refractivity contribution in [3.63, 3.8) is 0 Å².